The first-order valence-electron chi connectivity index (χ1n) is 10.1. The Bertz CT molecular complexity index is 888. The van der Waals surface area contributed by atoms with Crippen LogP contribution in [0.3, 0.4) is 0 Å². The smallest absolute Gasteiger partial charge is 0.260 e. The molecular formula is C22H28N4O3. The summed E-state index contributed by atoms with van der Waals surface area (Å²) in [7, 11) is 1.64. The highest BCUT2D eigenvalue weighted by atomic mass is 16.2. The molecule has 3 N–H and O–H groups in total. The van der Waals surface area contributed by atoms with Gasteiger partial charge in [0, 0.05) is 32.4 Å². The summed E-state index contributed by atoms with van der Waals surface area (Å²) >= 11 is 0. The van der Waals surface area contributed by atoms with Crippen molar-refractivity contribution in [3.63, 3.8) is 0 Å². The molecular weight excluding hydrogens is 368 g/mol. The minimum atomic E-state index is -0.502. The molecule has 1 aromatic carbocycles. The SMILES string of the molecule is CN(Cc1ccccc1)C(=O)c1cc(C(=O)NCCC2CCCCN2)c[nH]c1=O. The van der Waals surface area contributed by atoms with Gasteiger partial charge in [-0.1, -0.05) is 36.8 Å². The average molecular weight is 396 g/mol. The van der Waals surface area contributed by atoms with Crippen molar-refractivity contribution >= 4 is 11.8 Å². The number of pyridine rings is 1. The number of piperidine rings is 1. The molecule has 2 aromatic rings. The van der Waals surface area contributed by atoms with Crippen LogP contribution in [0.15, 0.2) is 47.4 Å². The molecule has 0 radical (unpaired) electrons. The van der Waals surface area contributed by atoms with Gasteiger partial charge in [0.1, 0.15) is 5.56 Å². The quantitative estimate of drug-likeness (QED) is 0.666. The number of carbonyl (C=O) groups excluding carboxylic acids is 2. The molecule has 29 heavy (non-hydrogen) atoms. The predicted molar refractivity (Wildman–Crippen MR) is 112 cm³/mol. The summed E-state index contributed by atoms with van der Waals surface area (Å²) in [5.41, 5.74) is 0.700. The Morgan fingerprint density at radius 3 is 2.72 bits per heavy atom. The lowest BCUT2D eigenvalue weighted by Gasteiger charge is -2.23. The summed E-state index contributed by atoms with van der Waals surface area (Å²) in [4.78, 5) is 41.3. The van der Waals surface area contributed by atoms with E-state index in [0.717, 1.165) is 24.9 Å². The Morgan fingerprint density at radius 1 is 1.21 bits per heavy atom. The van der Waals surface area contributed by atoms with E-state index in [2.05, 4.69) is 15.6 Å². The van der Waals surface area contributed by atoms with Gasteiger partial charge in [-0.2, -0.15) is 0 Å². The summed E-state index contributed by atoms with van der Waals surface area (Å²) in [5.74, 6) is -0.715. The molecule has 0 bridgehead atoms. The van der Waals surface area contributed by atoms with Crippen LogP contribution in [-0.4, -0.2) is 47.9 Å². The molecule has 1 aromatic heterocycles. The molecule has 1 saturated heterocycles. The van der Waals surface area contributed by atoms with E-state index >= 15 is 0 Å². The zero-order chi connectivity index (χ0) is 20.6. The minimum Gasteiger partial charge on any atom is -0.352 e. The molecule has 154 valence electrons. The molecule has 2 amide bonds. The van der Waals surface area contributed by atoms with E-state index in [1.807, 2.05) is 30.3 Å². The zero-order valence-electron chi connectivity index (χ0n) is 16.7. The van der Waals surface area contributed by atoms with Crippen molar-refractivity contribution in [1.29, 1.82) is 0 Å². The average Bonchev–Trinajstić information content (AvgIpc) is 2.75. The number of benzene rings is 1. The normalized spacial score (nSPS) is 16.2. The zero-order valence-corrected chi connectivity index (χ0v) is 16.7. The van der Waals surface area contributed by atoms with E-state index in [1.54, 1.807) is 7.05 Å². The van der Waals surface area contributed by atoms with Gasteiger partial charge in [0.05, 0.1) is 5.56 Å². The molecule has 1 aliphatic heterocycles. The fourth-order valence-electron chi connectivity index (χ4n) is 3.54. The van der Waals surface area contributed by atoms with Crippen LogP contribution in [0.4, 0.5) is 0 Å². The molecule has 0 saturated carbocycles. The lowest BCUT2D eigenvalue weighted by Crippen LogP contribution is -2.37. The van der Waals surface area contributed by atoms with E-state index in [0.29, 0.717) is 19.1 Å². The Balaban J connectivity index is 1.61. The molecule has 7 heteroatoms. The number of H-pyrrole nitrogens is 1. The van der Waals surface area contributed by atoms with Crippen molar-refractivity contribution in [2.75, 3.05) is 20.1 Å². The number of rotatable bonds is 7. The number of nitrogens with one attached hydrogen (secondary N) is 3. The van der Waals surface area contributed by atoms with E-state index in [1.165, 1.54) is 30.0 Å². The van der Waals surface area contributed by atoms with E-state index < -0.39 is 11.5 Å². The lowest BCUT2D eigenvalue weighted by molar-refractivity contribution is 0.0783. The second-order valence-corrected chi connectivity index (χ2v) is 7.47. The lowest BCUT2D eigenvalue weighted by atomic mass is 10.0. The summed E-state index contributed by atoms with van der Waals surface area (Å²) in [5, 5.41) is 6.32. The third-order valence-electron chi connectivity index (χ3n) is 5.20. The van der Waals surface area contributed by atoms with E-state index in [4.69, 9.17) is 0 Å². The summed E-state index contributed by atoms with van der Waals surface area (Å²) < 4.78 is 0. The maximum absolute atomic E-state index is 12.7. The molecule has 0 aliphatic carbocycles. The van der Waals surface area contributed by atoms with E-state index in [-0.39, 0.29) is 17.0 Å². The number of aromatic nitrogens is 1. The number of aromatic amines is 1. The maximum Gasteiger partial charge on any atom is 0.260 e. The van der Waals surface area contributed by atoms with Gasteiger partial charge in [-0.15, -0.1) is 0 Å². The van der Waals surface area contributed by atoms with Crippen molar-refractivity contribution < 1.29 is 9.59 Å². The van der Waals surface area contributed by atoms with Gasteiger partial charge < -0.3 is 20.5 Å². The maximum atomic E-state index is 12.7. The minimum absolute atomic E-state index is 0.0370. The van der Waals surface area contributed by atoms with Gasteiger partial charge in [0.15, 0.2) is 0 Å². The summed E-state index contributed by atoms with van der Waals surface area (Å²) in [6, 6.07) is 11.3. The van der Waals surface area contributed by atoms with Crippen molar-refractivity contribution in [3.8, 4) is 0 Å². The van der Waals surface area contributed by atoms with Gasteiger partial charge >= 0.3 is 0 Å². The van der Waals surface area contributed by atoms with Crippen LogP contribution in [0.2, 0.25) is 0 Å². The standard InChI is InChI=1S/C22H28N4O3/c1-26(15-16-7-3-2-4-8-16)22(29)19-13-17(14-25-21(19)28)20(27)24-12-10-18-9-5-6-11-23-18/h2-4,7-8,13-14,18,23H,5-6,9-12,15H2,1H3,(H,24,27)(H,25,28). The highest BCUT2D eigenvalue weighted by molar-refractivity contribution is 5.99. The highest BCUT2D eigenvalue weighted by Gasteiger charge is 2.19. The largest absolute Gasteiger partial charge is 0.352 e. The summed E-state index contributed by atoms with van der Waals surface area (Å²) in [6.45, 7) is 1.96. The summed E-state index contributed by atoms with van der Waals surface area (Å²) in [6.07, 6.45) is 5.76. The Kier molecular flexibility index (Phi) is 7.19. The molecule has 3 rings (SSSR count). The fraction of sp³-hybridized carbons (Fsp3) is 0.409. The first-order valence-corrected chi connectivity index (χ1v) is 10.1. The van der Waals surface area contributed by atoms with Gasteiger partial charge in [0.2, 0.25) is 0 Å². The first kappa shape index (κ1) is 20.8. The van der Waals surface area contributed by atoms with Crippen LogP contribution in [-0.2, 0) is 6.54 Å². The van der Waals surface area contributed by atoms with Crippen molar-refractivity contribution in [2.45, 2.75) is 38.3 Å². The second kappa shape index (κ2) is 10.0. The molecule has 2 heterocycles. The topological polar surface area (TPSA) is 94.3 Å². The monoisotopic (exact) mass is 396 g/mol. The molecule has 1 atom stereocenters. The van der Waals surface area contributed by atoms with Crippen molar-refractivity contribution in [1.82, 2.24) is 20.5 Å². The highest BCUT2D eigenvalue weighted by Crippen LogP contribution is 2.10. The van der Waals surface area contributed by atoms with Crippen molar-refractivity contribution in [2.24, 2.45) is 0 Å². The van der Waals surface area contributed by atoms with Crippen LogP contribution >= 0.6 is 0 Å². The number of nitrogens with zero attached hydrogens (tertiary/aromatic N) is 1. The number of amides is 2. The van der Waals surface area contributed by atoms with Crippen LogP contribution < -0.4 is 16.2 Å². The first-order chi connectivity index (χ1) is 14.0. The van der Waals surface area contributed by atoms with E-state index in [9.17, 15) is 14.4 Å². The second-order valence-electron chi connectivity index (χ2n) is 7.47. The fourth-order valence-corrected chi connectivity index (χ4v) is 3.54. The van der Waals surface area contributed by atoms with Gasteiger partial charge in [0.25, 0.3) is 17.4 Å². The van der Waals surface area contributed by atoms with Crippen LogP contribution in [0.25, 0.3) is 0 Å². The van der Waals surface area contributed by atoms with Crippen LogP contribution in [0.1, 0.15) is 52.0 Å². The number of hydrogen-bond acceptors (Lipinski definition) is 4. The number of carbonyl (C=O) groups is 2. The Hall–Kier alpha value is -2.93. The van der Waals surface area contributed by atoms with Crippen molar-refractivity contribution in [3.05, 3.63) is 69.6 Å². The van der Waals surface area contributed by atoms with Gasteiger partial charge in [-0.25, -0.2) is 0 Å². The van der Waals surface area contributed by atoms with Gasteiger partial charge in [-0.3, -0.25) is 14.4 Å². The number of hydrogen-bond donors (Lipinski definition) is 3. The molecule has 1 unspecified atom stereocenters. The molecule has 7 nitrogen and oxygen atoms in total. The third-order valence-corrected chi connectivity index (χ3v) is 5.20. The molecule has 0 spiro atoms. The van der Waals surface area contributed by atoms with Crippen LogP contribution in [0, 0.1) is 0 Å². The predicted octanol–water partition coefficient (Wildman–Crippen LogP) is 1.91. The Labute approximate surface area is 170 Å². The van der Waals surface area contributed by atoms with Crippen LogP contribution in [0.5, 0.6) is 0 Å². The molecule has 1 fully saturated rings. The third kappa shape index (κ3) is 5.77. The Morgan fingerprint density at radius 2 is 2.00 bits per heavy atom. The van der Waals surface area contributed by atoms with Gasteiger partial charge in [-0.05, 0) is 37.4 Å². The molecule has 1 aliphatic rings.